The largest absolute Gasteiger partial charge is 0.495 e. The molecule has 0 aromatic heterocycles. The highest BCUT2D eigenvalue weighted by Gasteiger charge is 2.17. The maximum Gasteiger partial charge on any atom is 0.274 e. The second-order valence-electron chi connectivity index (χ2n) is 6.97. The molecule has 1 amide bonds. The van der Waals surface area contributed by atoms with E-state index in [1.165, 1.54) is 68.6 Å². The smallest absolute Gasteiger partial charge is 0.274 e. The van der Waals surface area contributed by atoms with Crippen LogP contribution >= 0.6 is 11.6 Å². The van der Waals surface area contributed by atoms with E-state index in [-0.39, 0.29) is 33.6 Å². The van der Waals surface area contributed by atoms with Crippen LogP contribution in [0.2, 0.25) is 5.02 Å². The standard InChI is InChI=1S/C22H20ClN3O7S/c1-14-19(4-3-5-20(14)26(28)29)24-22(27)13-33-16-7-9-17(10-8-16)34(30,31)25-15-6-11-21(32-2)18(23)12-15/h3-12,25H,13H2,1-2H3,(H,24,27). The van der Waals surface area contributed by atoms with Crippen molar-refractivity contribution in [2.24, 2.45) is 0 Å². The Morgan fingerprint density at radius 3 is 2.44 bits per heavy atom. The SMILES string of the molecule is COc1ccc(NS(=O)(=O)c2ccc(OCC(=O)Nc3cccc([N+](=O)[O-])c3C)cc2)cc1Cl. The zero-order valence-electron chi connectivity index (χ0n) is 18.1. The lowest BCUT2D eigenvalue weighted by Crippen LogP contribution is -2.21. The van der Waals surface area contributed by atoms with Gasteiger partial charge < -0.3 is 14.8 Å². The van der Waals surface area contributed by atoms with E-state index in [0.29, 0.717) is 17.0 Å². The molecule has 0 heterocycles. The molecule has 2 N–H and O–H groups in total. The van der Waals surface area contributed by atoms with Gasteiger partial charge in [0.15, 0.2) is 6.61 Å². The van der Waals surface area contributed by atoms with Crippen molar-refractivity contribution in [1.29, 1.82) is 0 Å². The van der Waals surface area contributed by atoms with Gasteiger partial charge in [-0.05, 0) is 55.5 Å². The fourth-order valence-electron chi connectivity index (χ4n) is 2.95. The molecule has 0 aliphatic carbocycles. The van der Waals surface area contributed by atoms with Crippen molar-refractivity contribution in [2.45, 2.75) is 11.8 Å². The number of hydrogen-bond donors (Lipinski definition) is 2. The minimum atomic E-state index is -3.89. The Morgan fingerprint density at radius 1 is 1.12 bits per heavy atom. The number of benzene rings is 3. The number of nitrogens with one attached hydrogen (secondary N) is 2. The van der Waals surface area contributed by atoms with Gasteiger partial charge in [0.25, 0.3) is 21.6 Å². The highest BCUT2D eigenvalue weighted by Crippen LogP contribution is 2.29. The summed E-state index contributed by atoms with van der Waals surface area (Å²) in [6, 6.07) is 14.3. The minimum absolute atomic E-state index is 0.0246. The van der Waals surface area contributed by atoms with Crippen molar-refractivity contribution in [1.82, 2.24) is 0 Å². The molecule has 0 atom stereocenters. The fourth-order valence-corrected chi connectivity index (χ4v) is 4.26. The monoisotopic (exact) mass is 505 g/mol. The van der Waals surface area contributed by atoms with Crippen LogP contribution in [0.5, 0.6) is 11.5 Å². The minimum Gasteiger partial charge on any atom is -0.495 e. The first-order valence-corrected chi connectivity index (χ1v) is 11.6. The molecule has 0 saturated carbocycles. The van der Waals surface area contributed by atoms with Gasteiger partial charge in [-0.1, -0.05) is 17.7 Å². The summed E-state index contributed by atoms with van der Waals surface area (Å²) in [5, 5.41) is 13.8. The number of methoxy groups -OCH3 is 1. The number of hydrogen-bond acceptors (Lipinski definition) is 7. The number of rotatable bonds is 9. The molecule has 10 nitrogen and oxygen atoms in total. The van der Waals surface area contributed by atoms with Gasteiger partial charge in [-0.15, -0.1) is 0 Å². The third-order valence-electron chi connectivity index (χ3n) is 4.68. The first-order valence-electron chi connectivity index (χ1n) is 9.74. The molecule has 0 aliphatic heterocycles. The fraction of sp³-hybridized carbons (Fsp3) is 0.136. The predicted molar refractivity (Wildman–Crippen MR) is 127 cm³/mol. The van der Waals surface area contributed by atoms with E-state index in [1.807, 2.05) is 0 Å². The molecule has 0 unspecified atom stereocenters. The topological polar surface area (TPSA) is 137 Å². The summed E-state index contributed by atoms with van der Waals surface area (Å²) in [4.78, 5) is 22.7. The number of carbonyl (C=O) groups excluding carboxylic acids is 1. The first kappa shape index (κ1) is 24.8. The lowest BCUT2D eigenvalue weighted by Gasteiger charge is -2.11. The zero-order chi connectivity index (χ0) is 24.9. The van der Waals surface area contributed by atoms with Gasteiger partial charge in [0.1, 0.15) is 11.5 Å². The van der Waals surface area contributed by atoms with Gasteiger partial charge in [-0.25, -0.2) is 8.42 Å². The molecule has 34 heavy (non-hydrogen) atoms. The van der Waals surface area contributed by atoms with Crippen LogP contribution in [0, 0.1) is 17.0 Å². The Hall–Kier alpha value is -3.83. The normalized spacial score (nSPS) is 10.9. The van der Waals surface area contributed by atoms with Crippen molar-refractivity contribution >= 4 is 44.6 Å². The molecule has 0 aliphatic rings. The summed E-state index contributed by atoms with van der Waals surface area (Å²) in [6.45, 7) is 1.15. The van der Waals surface area contributed by atoms with Crippen LogP contribution in [-0.2, 0) is 14.8 Å². The molecule has 0 fully saturated rings. The number of anilines is 2. The maximum absolute atomic E-state index is 12.6. The van der Waals surface area contributed by atoms with Crippen LogP contribution in [0.15, 0.2) is 65.6 Å². The van der Waals surface area contributed by atoms with Crippen molar-refractivity contribution in [3.63, 3.8) is 0 Å². The van der Waals surface area contributed by atoms with Gasteiger partial charge in [0, 0.05) is 6.07 Å². The van der Waals surface area contributed by atoms with E-state index in [1.54, 1.807) is 6.07 Å². The lowest BCUT2D eigenvalue weighted by molar-refractivity contribution is -0.385. The number of sulfonamides is 1. The van der Waals surface area contributed by atoms with Crippen LogP contribution < -0.4 is 19.5 Å². The highest BCUT2D eigenvalue weighted by atomic mass is 35.5. The second-order valence-corrected chi connectivity index (χ2v) is 9.06. The lowest BCUT2D eigenvalue weighted by atomic mass is 10.1. The zero-order valence-corrected chi connectivity index (χ0v) is 19.6. The molecule has 0 spiro atoms. The molecular weight excluding hydrogens is 486 g/mol. The third-order valence-corrected chi connectivity index (χ3v) is 6.38. The van der Waals surface area contributed by atoms with E-state index >= 15 is 0 Å². The van der Waals surface area contributed by atoms with E-state index in [0.717, 1.165) is 0 Å². The number of nitro groups is 1. The van der Waals surface area contributed by atoms with Crippen molar-refractivity contribution in [3.8, 4) is 11.5 Å². The average molecular weight is 506 g/mol. The summed E-state index contributed by atoms with van der Waals surface area (Å²) < 4.78 is 38.1. The molecular formula is C22H20ClN3O7S. The quantitative estimate of drug-likeness (QED) is 0.325. The third kappa shape index (κ3) is 5.94. The number of amides is 1. The van der Waals surface area contributed by atoms with Crippen LogP contribution in [0.3, 0.4) is 0 Å². The molecule has 3 rings (SSSR count). The van der Waals surface area contributed by atoms with Crippen molar-refractivity contribution in [3.05, 3.63) is 81.4 Å². The molecule has 12 heteroatoms. The van der Waals surface area contributed by atoms with Crippen LogP contribution in [0.4, 0.5) is 17.1 Å². The number of nitro benzene ring substituents is 1. The van der Waals surface area contributed by atoms with Gasteiger partial charge in [-0.2, -0.15) is 0 Å². The molecule has 178 valence electrons. The molecule has 3 aromatic rings. The van der Waals surface area contributed by atoms with Crippen LogP contribution in [0.1, 0.15) is 5.56 Å². The van der Waals surface area contributed by atoms with E-state index in [9.17, 15) is 23.3 Å². The molecule has 0 bridgehead atoms. The Labute approximate surface area is 200 Å². The van der Waals surface area contributed by atoms with Gasteiger partial charge in [0.05, 0.1) is 38.9 Å². The number of halogens is 1. The summed E-state index contributed by atoms with van der Waals surface area (Å²) in [7, 11) is -2.44. The second kappa shape index (κ2) is 10.4. The van der Waals surface area contributed by atoms with Crippen LogP contribution in [0.25, 0.3) is 0 Å². The van der Waals surface area contributed by atoms with Crippen LogP contribution in [-0.4, -0.2) is 33.0 Å². The van der Waals surface area contributed by atoms with Gasteiger partial charge >= 0.3 is 0 Å². The average Bonchev–Trinajstić information content (AvgIpc) is 2.79. The van der Waals surface area contributed by atoms with E-state index < -0.39 is 20.9 Å². The van der Waals surface area contributed by atoms with Crippen molar-refractivity contribution < 1.29 is 27.6 Å². The van der Waals surface area contributed by atoms with Crippen molar-refractivity contribution in [2.75, 3.05) is 23.8 Å². The Kier molecular flexibility index (Phi) is 7.59. The molecule has 0 radical (unpaired) electrons. The Bertz CT molecular complexity index is 1330. The molecule has 0 saturated heterocycles. The summed E-state index contributed by atoms with van der Waals surface area (Å²) >= 11 is 6.03. The summed E-state index contributed by atoms with van der Waals surface area (Å²) in [6.07, 6.45) is 0. The molecule has 3 aromatic carbocycles. The predicted octanol–water partition coefficient (Wildman–Crippen LogP) is 4.38. The summed E-state index contributed by atoms with van der Waals surface area (Å²) in [5.41, 5.74) is 0.773. The summed E-state index contributed by atoms with van der Waals surface area (Å²) in [5.74, 6) is 0.145. The highest BCUT2D eigenvalue weighted by molar-refractivity contribution is 7.92. The Balaban J connectivity index is 1.61. The maximum atomic E-state index is 12.6. The number of nitrogens with zero attached hydrogens (tertiary/aromatic N) is 1. The van der Waals surface area contributed by atoms with Gasteiger partial charge in [0.2, 0.25) is 0 Å². The van der Waals surface area contributed by atoms with E-state index in [4.69, 9.17) is 21.1 Å². The first-order chi connectivity index (χ1) is 16.1. The number of ether oxygens (including phenoxy) is 2. The van der Waals surface area contributed by atoms with E-state index in [2.05, 4.69) is 10.0 Å². The van der Waals surface area contributed by atoms with Gasteiger partial charge in [-0.3, -0.25) is 19.6 Å². The Morgan fingerprint density at radius 2 is 1.82 bits per heavy atom. The number of carbonyl (C=O) groups is 1.